The lowest BCUT2D eigenvalue weighted by molar-refractivity contribution is 0.405. The zero-order chi connectivity index (χ0) is 12.5. The molecule has 1 N–H and O–H groups in total. The SMILES string of the molecule is CC1=C(c2ccccc2)OB(O)c2ccccc21. The Morgan fingerprint density at radius 3 is 2.39 bits per heavy atom. The maximum absolute atomic E-state index is 10.1. The van der Waals surface area contributed by atoms with E-state index in [1.807, 2.05) is 61.5 Å². The smallest absolute Gasteiger partial charge is 0.532 e. The molecular formula is C15H13BO2. The van der Waals surface area contributed by atoms with Crippen LogP contribution < -0.4 is 5.46 Å². The molecule has 2 aromatic carbocycles. The first-order chi connectivity index (χ1) is 8.77. The minimum Gasteiger partial charge on any atom is -0.532 e. The fourth-order valence-electron chi connectivity index (χ4n) is 2.31. The molecule has 0 radical (unpaired) electrons. The minimum atomic E-state index is -0.889. The second kappa shape index (κ2) is 4.35. The molecule has 88 valence electrons. The van der Waals surface area contributed by atoms with E-state index >= 15 is 0 Å². The first kappa shape index (κ1) is 11.1. The van der Waals surface area contributed by atoms with Crippen LogP contribution in [0.15, 0.2) is 54.6 Å². The molecule has 1 aliphatic rings. The summed E-state index contributed by atoms with van der Waals surface area (Å²) < 4.78 is 5.65. The summed E-state index contributed by atoms with van der Waals surface area (Å²) in [7, 11) is -0.889. The van der Waals surface area contributed by atoms with Gasteiger partial charge in [0.05, 0.1) is 0 Å². The van der Waals surface area contributed by atoms with Crippen molar-refractivity contribution < 1.29 is 9.68 Å². The average Bonchev–Trinajstić information content (AvgIpc) is 2.44. The van der Waals surface area contributed by atoms with Crippen molar-refractivity contribution in [3.8, 4) is 0 Å². The molecule has 0 unspecified atom stereocenters. The maximum Gasteiger partial charge on any atom is 0.560 e. The van der Waals surface area contributed by atoms with Gasteiger partial charge in [-0.1, -0.05) is 54.6 Å². The number of allylic oxidation sites excluding steroid dienone is 1. The number of rotatable bonds is 1. The lowest BCUT2D eigenvalue weighted by Crippen LogP contribution is -2.38. The van der Waals surface area contributed by atoms with E-state index in [4.69, 9.17) is 4.65 Å². The average molecular weight is 236 g/mol. The third kappa shape index (κ3) is 1.73. The minimum absolute atomic E-state index is 0.752. The van der Waals surface area contributed by atoms with E-state index in [-0.39, 0.29) is 0 Å². The molecule has 3 rings (SSSR count). The molecule has 2 aromatic rings. The number of fused-ring (bicyclic) bond motifs is 1. The van der Waals surface area contributed by atoms with Crippen molar-refractivity contribution in [2.75, 3.05) is 0 Å². The molecule has 0 bridgehead atoms. The van der Waals surface area contributed by atoms with E-state index in [1.165, 1.54) is 0 Å². The molecule has 18 heavy (non-hydrogen) atoms. The molecule has 0 amide bonds. The van der Waals surface area contributed by atoms with E-state index in [9.17, 15) is 5.02 Å². The van der Waals surface area contributed by atoms with Crippen LogP contribution in [0, 0.1) is 0 Å². The van der Waals surface area contributed by atoms with E-state index in [2.05, 4.69) is 0 Å². The summed E-state index contributed by atoms with van der Waals surface area (Å²) in [5, 5.41) is 10.1. The number of hydrogen-bond donors (Lipinski definition) is 1. The van der Waals surface area contributed by atoms with Crippen molar-refractivity contribution in [2.45, 2.75) is 6.92 Å². The van der Waals surface area contributed by atoms with Crippen LogP contribution in [0.2, 0.25) is 0 Å². The Morgan fingerprint density at radius 2 is 1.61 bits per heavy atom. The molecule has 2 nitrogen and oxygen atoms in total. The topological polar surface area (TPSA) is 29.5 Å². The second-order valence-electron chi connectivity index (χ2n) is 4.38. The van der Waals surface area contributed by atoms with Gasteiger partial charge in [0.15, 0.2) is 0 Å². The van der Waals surface area contributed by atoms with Crippen LogP contribution in [-0.4, -0.2) is 12.1 Å². The lowest BCUT2D eigenvalue weighted by Gasteiger charge is -2.24. The van der Waals surface area contributed by atoms with Crippen LogP contribution in [0.25, 0.3) is 11.3 Å². The third-order valence-electron chi connectivity index (χ3n) is 3.24. The summed E-state index contributed by atoms with van der Waals surface area (Å²) >= 11 is 0. The highest BCUT2D eigenvalue weighted by molar-refractivity contribution is 6.63. The van der Waals surface area contributed by atoms with Gasteiger partial charge in [-0.05, 0) is 18.1 Å². The van der Waals surface area contributed by atoms with Gasteiger partial charge in [0.2, 0.25) is 0 Å². The Kier molecular flexibility index (Phi) is 2.69. The van der Waals surface area contributed by atoms with Gasteiger partial charge in [0.1, 0.15) is 5.76 Å². The molecule has 0 spiro atoms. The quantitative estimate of drug-likeness (QED) is 0.769. The van der Waals surface area contributed by atoms with Gasteiger partial charge >= 0.3 is 7.12 Å². The van der Waals surface area contributed by atoms with Crippen molar-refractivity contribution in [2.24, 2.45) is 0 Å². The normalized spacial score (nSPS) is 14.2. The molecule has 1 heterocycles. The van der Waals surface area contributed by atoms with Crippen LogP contribution in [0.4, 0.5) is 0 Å². The highest BCUT2D eigenvalue weighted by Crippen LogP contribution is 2.30. The molecule has 3 heteroatoms. The third-order valence-corrected chi connectivity index (χ3v) is 3.24. The van der Waals surface area contributed by atoms with Gasteiger partial charge in [0, 0.05) is 11.0 Å². The van der Waals surface area contributed by atoms with E-state index in [0.717, 1.165) is 27.9 Å². The van der Waals surface area contributed by atoms with Crippen LogP contribution >= 0.6 is 0 Å². The van der Waals surface area contributed by atoms with Crippen molar-refractivity contribution in [1.82, 2.24) is 0 Å². The fourth-order valence-corrected chi connectivity index (χ4v) is 2.31. The molecule has 1 aliphatic heterocycles. The van der Waals surface area contributed by atoms with Crippen LogP contribution in [0.1, 0.15) is 18.1 Å². The molecule has 0 fully saturated rings. The summed E-state index contributed by atoms with van der Waals surface area (Å²) in [5.74, 6) is 0.752. The van der Waals surface area contributed by atoms with Crippen molar-refractivity contribution in [3.63, 3.8) is 0 Å². The van der Waals surface area contributed by atoms with Crippen LogP contribution in [-0.2, 0) is 4.65 Å². The van der Waals surface area contributed by atoms with E-state index in [1.54, 1.807) is 0 Å². The second-order valence-corrected chi connectivity index (χ2v) is 4.38. The molecule has 0 saturated heterocycles. The van der Waals surface area contributed by atoms with Crippen molar-refractivity contribution >= 4 is 23.9 Å². The van der Waals surface area contributed by atoms with Gasteiger partial charge in [-0.15, -0.1) is 0 Å². The Morgan fingerprint density at radius 1 is 0.944 bits per heavy atom. The predicted octanol–water partition coefficient (Wildman–Crippen LogP) is 2.29. The zero-order valence-corrected chi connectivity index (χ0v) is 10.1. The van der Waals surface area contributed by atoms with Crippen molar-refractivity contribution in [1.29, 1.82) is 0 Å². The fraction of sp³-hybridized carbons (Fsp3) is 0.0667. The summed E-state index contributed by atoms with van der Waals surface area (Å²) in [6.45, 7) is 2.02. The maximum atomic E-state index is 10.1. The molecule has 0 saturated carbocycles. The van der Waals surface area contributed by atoms with Crippen molar-refractivity contribution in [3.05, 3.63) is 65.7 Å². The first-order valence-corrected chi connectivity index (χ1v) is 5.97. The highest BCUT2D eigenvalue weighted by Gasteiger charge is 2.30. The summed E-state index contributed by atoms with van der Waals surface area (Å²) in [5.41, 5.74) is 3.93. The molecule has 0 atom stereocenters. The molecular weight excluding hydrogens is 223 g/mol. The Hall–Kier alpha value is -2.00. The summed E-state index contributed by atoms with van der Waals surface area (Å²) in [6, 6.07) is 17.7. The number of benzene rings is 2. The Bertz CT molecular complexity index is 605. The largest absolute Gasteiger partial charge is 0.560 e. The van der Waals surface area contributed by atoms with Gasteiger partial charge in [-0.2, -0.15) is 0 Å². The Balaban J connectivity index is 2.18. The first-order valence-electron chi connectivity index (χ1n) is 5.97. The van der Waals surface area contributed by atoms with Gasteiger partial charge in [0.25, 0.3) is 0 Å². The predicted molar refractivity (Wildman–Crippen MR) is 74.1 cm³/mol. The van der Waals surface area contributed by atoms with E-state index < -0.39 is 7.12 Å². The summed E-state index contributed by atoms with van der Waals surface area (Å²) in [6.07, 6.45) is 0. The molecule has 0 aliphatic carbocycles. The highest BCUT2D eigenvalue weighted by atomic mass is 16.5. The lowest BCUT2D eigenvalue weighted by atomic mass is 9.72. The van der Waals surface area contributed by atoms with Gasteiger partial charge < -0.3 is 9.68 Å². The van der Waals surface area contributed by atoms with E-state index in [0.29, 0.717) is 0 Å². The summed E-state index contributed by atoms with van der Waals surface area (Å²) in [4.78, 5) is 0. The standard InChI is InChI=1S/C15H13BO2/c1-11-13-9-5-6-10-14(13)16(17)18-15(11)12-7-3-2-4-8-12/h2-10,17H,1H3. The van der Waals surface area contributed by atoms with Crippen LogP contribution in [0.3, 0.4) is 0 Å². The monoisotopic (exact) mass is 236 g/mol. The van der Waals surface area contributed by atoms with Gasteiger partial charge in [-0.3, -0.25) is 0 Å². The van der Waals surface area contributed by atoms with Gasteiger partial charge in [-0.25, -0.2) is 0 Å². The zero-order valence-electron chi connectivity index (χ0n) is 10.1. The number of hydrogen-bond acceptors (Lipinski definition) is 2. The Labute approximate surface area is 107 Å². The van der Waals surface area contributed by atoms with Crippen LogP contribution in [0.5, 0.6) is 0 Å². The molecule has 0 aromatic heterocycles.